The third-order valence-corrected chi connectivity index (χ3v) is 2.73. The summed E-state index contributed by atoms with van der Waals surface area (Å²) in [5, 5.41) is 2.97. The number of rotatable bonds is 7. The summed E-state index contributed by atoms with van der Waals surface area (Å²) in [7, 11) is 0. The van der Waals surface area contributed by atoms with E-state index < -0.39 is 5.82 Å². The van der Waals surface area contributed by atoms with E-state index in [1.807, 2.05) is 0 Å². The van der Waals surface area contributed by atoms with Gasteiger partial charge in [-0.3, -0.25) is 0 Å². The molecule has 1 aromatic heterocycles. The topological polar surface area (TPSA) is 41.0 Å². The molecule has 4 nitrogen and oxygen atoms in total. The van der Waals surface area contributed by atoms with Crippen LogP contribution in [-0.2, 0) is 0 Å². The number of nitrogens with zero attached hydrogens (tertiary/aromatic N) is 3. The highest BCUT2D eigenvalue weighted by Gasteiger charge is 2.05. The van der Waals surface area contributed by atoms with Crippen LogP contribution >= 0.6 is 11.6 Å². The van der Waals surface area contributed by atoms with E-state index in [4.69, 9.17) is 11.6 Å². The van der Waals surface area contributed by atoms with Crippen LogP contribution in [-0.4, -0.2) is 41.0 Å². The summed E-state index contributed by atoms with van der Waals surface area (Å²) in [6.07, 6.45) is 2.00. The molecule has 0 aliphatic rings. The maximum atomic E-state index is 13.2. The van der Waals surface area contributed by atoms with Crippen LogP contribution in [0.5, 0.6) is 0 Å². The van der Waals surface area contributed by atoms with Crippen LogP contribution in [0, 0.1) is 5.82 Å². The maximum Gasteiger partial charge on any atom is 0.224 e. The fourth-order valence-electron chi connectivity index (χ4n) is 1.52. The summed E-state index contributed by atoms with van der Waals surface area (Å²) in [5.74, 6) is -0.304. The summed E-state index contributed by atoms with van der Waals surface area (Å²) in [5.41, 5.74) is 0. The Balaban J connectivity index is 2.33. The molecule has 1 heterocycles. The molecule has 96 valence electrons. The van der Waals surface area contributed by atoms with Crippen LogP contribution in [0.1, 0.15) is 20.3 Å². The van der Waals surface area contributed by atoms with E-state index in [0.717, 1.165) is 32.3 Å². The second kappa shape index (κ2) is 7.40. The fourth-order valence-corrected chi connectivity index (χ4v) is 1.65. The van der Waals surface area contributed by atoms with Crippen LogP contribution < -0.4 is 5.32 Å². The van der Waals surface area contributed by atoms with Crippen molar-refractivity contribution in [2.45, 2.75) is 20.3 Å². The lowest BCUT2D eigenvalue weighted by molar-refractivity contribution is 0.303. The second-order valence-corrected chi connectivity index (χ2v) is 3.98. The average molecular weight is 261 g/mol. The van der Waals surface area contributed by atoms with Gasteiger partial charge in [0.2, 0.25) is 5.28 Å². The maximum absolute atomic E-state index is 13.2. The molecule has 0 saturated heterocycles. The van der Waals surface area contributed by atoms with Gasteiger partial charge < -0.3 is 10.2 Å². The van der Waals surface area contributed by atoms with Gasteiger partial charge in [-0.25, -0.2) is 9.37 Å². The Hall–Kier alpha value is -0.940. The number of aromatic nitrogens is 2. The van der Waals surface area contributed by atoms with E-state index in [1.165, 1.54) is 0 Å². The van der Waals surface area contributed by atoms with Crippen LogP contribution in [0.2, 0.25) is 5.28 Å². The van der Waals surface area contributed by atoms with Gasteiger partial charge in [0.05, 0.1) is 6.20 Å². The molecule has 6 heteroatoms. The molecule has 0 fully saturated rings. The highest BCUT2D eigenvalue weighted by Crippen LogP contribution is 2.11. The minimum atomic E-state index is -0.475. The number of nitrogens with one attached hydrogen (secondary N) is 1. The molecule has 1 rings (SSSR count). The van der Waals surface area contributed by atoms with Gasteiger partial charge in [-0.2, -0.15) is 4.98 Å². The fraction of sp³-hybridized carbons (Fsp3) is 0.636. The summed E-state index contributed by atoms with van der Waals surface area (Å²) in [6, 6.07) is 0. The molecular formula is C11H18ClFN4. The molecule has 0 aromatic carbocycles. The van der Waals surface area contributed by atoms with Crippen LogP contribution in [0.15, 0.2) is 6.20 Å². The van der Waals surface area contributed by atoms with Crippen LogP contribution in [0.3, 0.4) is 0 Å². The summed E-state index contributed by atoms with van der Waals surface area (Å²) in [6.45, 7) is 7.97. The van der Waals surface area contributed by atoms with Crippen molar-refractivity contribution in [1.82, 2.24) is 14.9 Å². The minimum absolute atomic E-state index is 0.0534. The SMILES string of the molecule is CCN(CC)CCCNc1nc(Cl)ncc1F. The predicted octanol–water partition coefficient (Wildman–Crippen LogP) is 2.41. The molecule has 0 aliphatic heterocycles. The molecule has 1 N–H and O–H groups in total. The second-order valence-electron chi connectivity index (χ2n) is 3.64. The van der Waals surface area contributed by atoms with Gasteiger partial charge in [0.25, 0.3) is 0 Å². The highest BCUT2D eigenvalue weighted by atomic mass is 35.5. The van der Waals surface area contributed by atoms with Gasteiger partial charge in [-0.1, -0.05) is 13.8 Å². The van der Waals surface area contributed by atoms with E-state index in [9.17, 15) is 4.39 Å². The molecule has 1 aromatic rings. The standard InChI is InChI=1S/C11H18ClFN4/c1-3-17(4-2)7-5-6-14-10-9(13)8-15-11(12)16-10/h8H,3-7H2,1-2H3,(H,14,15,16). The molecule has 0 spiro atoms. The third-order valence-electron chi connectivity index (χ3n) is 2.55. The minimum Gasteiger partial charge on any atom is -0.367 e. The first-order valence-electron chi connectivity index (χ1n) is 5.81. The van der Waals surface area contributed by atoms with Crippen molar-refractivity contribution in [2.75, 3.05) is 31.5 Å². The van der Waals surface area contributed by atoms with Crippen molar-refractivity contribution in [2.24, 2.45) is 0 Å². The predicted molar refractivity (Wildman–Crippen MR) is 67.9 cm³/mol. The molecule has 0 unspecified atom stereocenters. The normalized spacial score (nSPS) is 10.9. The zero-order valence-electron chi connectivity index (χ0n) is 10.2. The zero-order chi connectivity index (χ0) is 12.7. The quantitative estimate of drug-likeness (QED) is 0.604. The third kappa shape index (κ3) is 4.83. The molecule has 0 atom stereocenters. The first-order valence-corrected chi connectivity index (χ1v) is 6.19. The van der Waals surface area contributed by atoms with Crippen molar-refractivity contribution in [1.29, 1.82) is 0 Å². The Morgan fingerprint density at radius 1 is 1.41 bits per heavy atom. The first-order chi connectivity index (χ1) is 8.17. The Kier molecular flexibility index (Phi) is 6.15. The molecule has 0 saturated carbocycles. The number of hydrogen-bond acceptors (Lipinski definition) is 4. The summed E-state index contributed by atoms with van der Waals surface area (Å²) in [4.78, 5) is 9.65. The Morgan fingerprint density at radius 2 is 2.12 bits per heavy atom. The monoisotopic (exact) mass is 260 g/mol. The number of anilines is 1. The van der Waals surface area contributed by atoms with Gasteiger partial charge in [-0.15, -0.1) is 0 Å². The molecule has 17 heavy (non-hydrogen) atoms. The molecular weight excluding hydrogens is 243 g/mol. The van der Waals surface area contributed by atoms with Crippen molar-refractivity contribution in [3.63, 3.8) is 0 Å². The molecule has 0 radical (unpaired) electrons. The smallest absolute Gasteiger partial charge is 0.224 e. The van der Waals surface area contributed by atoms with Crippen LogP contribution in [0.4, 0.5) is 10.2 Å². The Morgan fingerprint density at radius 3 is 2.76 bits per heavy atom. The highest BCUT2D eigenvalue weighted by molar-refractivity contribution is 6.28. The zero-order valence-corrected chi connectivity index (χ0v) is 11.0. The largest absolute Gasteiger partial charge is 0.367 e. The van der Waals surface area contributed by atoms with Crippen LogP contribution in [0.25, 0.3) is 0 Å². The lowest BCUT2D eigenvalue weighted by Gasteiger charge is -2.17. The van der Waals surface area contributed by atoms with Gasteiger partial charge in [0.1, 0.15) is 0 Å². The average Bonchev–Trinajstić information content (AvgIpc) is 2.33. The van der Waals surface area contributed by atoms with E-state index >= 15 is 0 Å². The molecule has 0 amide bonds. The van der Waals surface area contributed by atoms with E-state index in [0.29, 0.717) is 6.54 Å². The van der Waals surface area contributed by atoms with Gasteiger partial charge >= 0.3 is 0 Å². The van der Waals surface area contributed by atoms with Crippen molar-refractivity contribution in [3.8, 4) is 0 Å². The Bertz CT molecular complexity index is 344. The Labute approximate surface area is 106 Å². The van der Waals surface area contributed by atoms with Gasteiger partial charge in [-0.05, 0) is 37.7 Å². The molecule has 0 aliphatic carbocycles. The van der Waals surface area contributed by atoms with E-state index in [-0.39, 0.29) is 11.1 Å². The van der Waals surface area contributed by atoms with Crippen molar-refractivity contribution in [3.05, 3.63) is 17.3 Å². The van der Waals surface area contributed by atoms with Crippen molar-refractivity contribution >= 4 is 17.4 Å². The lowest BCUT2D eigenvalue weighted by Crippen LogP contribution is -2.25. The van der Waals surface area contributed by atoms with Gasteiger partial charge in [0, 0.05) is 6.54 Å². The number of halogens is 2. The molecule has 0 bridgehead atoms. The van der Waals surface area contributed by atoms with Gasteiger partial charge in [0.15, 0.2) is 11.6 Å². The lowest BCUT2D eigenvalue weighted by atomic mass is 10.3. The first kappa shape index (κ1) is 14.1. The number of hydrogen-bond donors (Lipinski definition) is 1. The van der Waals surface area contributed by atoms with E-state index in [2.05, 4.69) is 34.0 Å². The summed E-state index contributed by atoms with van der Waals surface area (Å²) < 4.78 is 13.2. The van der Waals surface area contributed by atoms with Crippen molar-refractivity contribution < 1.29 is 4.39 Å². The summed E-state index contributed by atoms with van der Waals surface area (Å²) >= 11 is 5.59. The van der Waals surface area contributed by atoms with E-state index in [1.54, 1.807) is 0 Å².